The van der Waals surface area contributed by atoms with E-state index in [4.69, 9.17) is 11.5 Å². The van der Waals surface area contributed by atoms with Gasteiger partial charge < -0.3 is 11.5 Å². The van der Waals surface area contributed by atoms with Crippen molar-refractivity contribution in [1.29, 1.82) is 0 Å². The van der Waals surface area contributed by atoms with Crippen LogP contribution >= 0.6 is 0 Å². The summed E-state index contributed by atoms with van der Waals surface area (Å²) in [6, 6.07) is 9.26. The molecule has 4 nitrogen and oxygen atoms in total. The van der Waals surface area contributed by atoms with Gasteiger partial charge in [0.1, 0.15) is 0 Å². The number of amides is 1. The lowest BCUT2D eigenvalue weighted by molar-refractivity contribution is 0.0999. The van der Waals surface area contributed by atoms with Gasteiger partial charge in [-0.15, -0.1) is 0 Å². The van der Waals surface area contributed by atoms with Crippen LogP contribution in [0.2, 0.25) is 0 Å². The van der Waals surface area contributed by atoms with Crippen LogP contribution in [0.25, 0.3) is 0 Å². The molecule has 4 N–H and O–H groups in total. The van der Waals surface area contributed by atoms with Crippen molar-refractivity contribution >= 4 is 5.91 Å². The highest BCUT2D eigenvalue weighted by molar-refractivity contribution is 5.92. The fourth-order valence-electron chi connectivity index (χ4n) is 3.61. The van der Waals surface area contributed by atoms with E-state index in [0.717, 1.165) is 19.4 Å². The Hall–Kier alpha value is -1.39. The fourth-order valence-corrected chi connectivity index (χ4v) is 3.61. The number of hydrogen-bond donors (Lipinski definition) is 2. The Morgan fingerprint density at radius 2 is 1.95 bits per heavy atom. The number of fused-ring (bicyclic) bond motifs is 2. The van der Waals surface area contributed by atoms with Gasteiger partial charge in [0, 0.05) is 30.2 Å². The number of nitrogens with two attached hydrogens (primary N) is 2. The number of benzene rings is 1. The maximum absolute atomic E-state index is 11.2. The quantitative estimate of drug-likeness (QED) is 0.858. The highest BCUT2D eigenvalue weighted by Gasteiger charge is 2.39. The molecule has 2 bridgehead atoms. The molecule has 4 heteroatoms. The first kappa shape index (κ1) is 12.6. The van der Waals surface area contributed by atoms with E-state index in [1.165, 1.54) is 18.4 Å². The number of carbonyl (C=O) groups is 1. The Balaban J connectivity index is 1.75. The topological polar surface area (TPSA) is 72.4 Å². The Kier molecular flexibility index (Phi) is 3.29. The molecule has 0 saturated carbocycles. The molecule has 2 saturated heterocycles. The summed E-state index contributed by atoms with van der Waals surface area (Å²) < 4.78 is 0. The minimum atomic E-state index is -0.356. The number of primary amides is 1. The zero-order chi connectivity index (χ0) is 13.4. The van der Waals surface area contributed by atoms with Crippen molar-refractivity contribution in [2.45, 2.75) is 50.4 Å². The molecule has 2 fully saturated rings. The Labute approximate surface area is 113 Å². The summed E-state index contributed by atoms with van der Waals surface area (Å²) in [5.74, 6) is -0.356. The normalized spacial score (nSPS) is 30.5. The highest BCUT2D eigenvalue weighted by Crippen LogP contribution is 2.36. The van der Waals surface area contributed by atoms with Crippen molar-refractivity contribution in [3.05, 3.63) is 35.4 Å². The molecule has 1 amide bonds. The Morgan fingerprint density at radius 3 is 2.58 bits per heavy atom. The number of hydrogen-bond acceptors (Lipinski definition) is 3. The second-order valence-electron chi connectivity index (χ2n) is 5.85. The van der Waals surface area contributed by atoms with Gasteiger partial charge in [-0.3, -0.25) is 9.69 Å². The highest BCUT2D eigenvalue weighted by atomic mass is 16.1. The molecule has 0 aliphatic carbocycles. The molecule has 2 unspecified atom stereocenters. The Morgan fingerprint density at radius 1 is 1.26 bits per heavy atom. The van der Waals surface area contributed by atoms with Crippen LogP contribution < -0.4 is 11.5 Å². The summed E-state index contributed by atoms with van der Waals surface area (Å²) in [4.78, 5) is 13.8. The van der Waals surface area contributed by atoms with Crippen molar-refractivity contribution in [1.82, 2.24) is 4.90 Å². The monoisotopic (exact) mass is 259 g/mol. The van der Waals surface area contributed by atoms with E-state index < -0.39 is 0 Å². The van der Waals surface area contributed by atoms with Crippen molar-refractivity contribution < 1.29 is 4.79 Å². The van der Waals surface area contributed by atoms with Gasteiger partial charge in [-0.2, -0.15) is 0 Å². The third kappa shape index (κ3) is 2.51. The zero-order valence-corrected chi connectivity index (χ0v) is 11.1. The summed E-state index contributed by atoms with van der Waals surface area (Å²) in [5.41, 5.74) is 13.2. The lowest BCUT2D eigenvalue weighted by Gasteiger charge is -2.37. The molecule has 0 radical (unpaired) electrons. The molecule has 0 spiro atoms. The molecule has 0 aromatic heterocycles. The van der Waals surface area contributed by atoms with Crippen LogP contribution in [-0.4, -0.2) is 28.9 Å². The second kappa shape index (κ2) is 4.94. The molecule has 2 atom stereocenters. The Bertz CT molecular complexity index is 474. The largest absolute Gasteiger partial charge is 0.366 e. The smallest absolute Gasteiger partial charge is 0.248 e. The molecular formula is C15H21N3O. The van der Waals surface area contributed by atoms with Crippen LogP contribution in [-0.2, 0) is 6.54 Å². The first-order valence-electron chi connectivity index (χ1n) is 7.03. The lowest BCUT2D eigenvalue weighted by atomic mass is 9.97. The first-order valence-corrected chi connectivity index (χ1v) is 7.03. The van der Waals surface area contributed by atoms with E-state index in [2.05, 4.69) is 11.0 Å². The first-order chi connectivity index (χ1) is 9.13. The van der Waals surface area contributed by atoms with Gasteiger partial charge in [0.2, 0.25) is 5.91 Å². The van der Waals surface area contributed by atoms with E-state index >= 15 is 0 Å². The zero-order valence-electron chi connectivity index (χ0n) is 11.1. The van der Waals surface area contributed by atoms with Gasteiger partial charge in [-0.1, -0.05) is 12.1 Å². The number of nitrogens with zero attached hydrogens (tertiary/aromatic N) is 1. The summed E-state index contributed by atoms with van der Waals surface area (Å²) in [7, 11) is 0. The molecular weight excluding hydrogens is 238 g/mol. The predicted octanol–water partition coefficient (Wildman–Crippen LogP) is 1.24. The van der Waals surface area contributed by atoms with E-state index in [-0.39, 0.29) is 5.91 Å². The number of piperidine rings is 1. The summed E-state index contributed by atoms with van der Waals surface area (Å²) in [5, 5.41) is 0. The van der Waals surface area contributed by atoms with Gasteiger partial charge in [0.15, 0.2) is 0 Å². The van der Waals surface area contributed by atoms with Crippen molar-refractivity contribution in [3.63, 3.8) is 0 Å². The van der Waals surface area contributed by atoms with Gasteiger partial charge in [-0.25, -0.2) is 0 Å². The maximum Gasteiger partial charge on any atom is 0.248 e. The molecule has 1 aromatic carbocycles. The molecule has 2 aliphatic heterocycles. The molecule has 102 valence electrons. The molecule has 2 heterocycles. The predicted molar refractivity (Wildman–Crippen MR) is 74.5 cm³/mol. The number of rotatable bonds is 3. The minimum absolute atomic E-state index is 0.356. The lowest BCUT2D eigenvalue weighted by Crippen LogP contribution is -2.46. The van der Waals surface area contributed by atoms with Crippen LogP contribution in [0.15, 0.2) is 24.3 Å². The molecule has 19 heavy (non-hydrogen) atoms. The van der Waals surface area contributed by atoms with E-state index in [1.54, 1.807) is 6.07 Å². The average molecular weight is 259 g/mol. The second-order valence-corrected chi connectivity index (χ2v) is 5.85. The fraction of sp³-hybridized carbons (Fsp3) is 0.533. The van der Waals surface area contributed by atoms with Crippen molar-refractivity contribution in [2.75, 3.05) is 0 Å². The maximum atomic E-state index is 11.2. The van der Waals surface area contributed by atoms with Gasteiger partial charge in [-0.05, 0) is 43.4 Å². The van der Waals surface area contributed by atoms with Gasteiger partial charge in [0.05, 0.1) is 0 Å². The van der Waals surface area contributed by atoms with E-state index in [1.807, 2.05) is 12.1 Å². The van der Waals surface area contributed by atoms with Crippen LogP contribution in [0.4, 0.5) is 0 Å². The summed E-state index contributed by atoms with van der Waals surface area (Å²) in [6.45, 7) is 0.906. The third-order valence-corrected chi connectivity index (χ3v) is 4.50. The van der Waals surface area contributed by atoms with E-state index in [9.17, 15) is 4.79 Å². The van der Waals surface area contributed by atoms with Gasteiger partial charge >= 0.3 is 0 Å². The molecule has 1 aromatic rings. The molecule has 2 aliphatic rings. The van der Waals surface area contributed by atoms with Crippen molar-refractivity contribution in [2.24, 2.45) is 11.5 Å². The minimum Gasteiger partial charge on any atom is -0.366 e. The third-order valence-electron chi connectivity index (χ3n) is 4.50. The SMILES string of the molecule is NC(=O)c1cccc(CN2C3CCC2CC(N)C3)c1. The van der Waals surface area contributed by atoms with Crippen LogP contribution in [0.3, 0.4) is 0 Å². The number of carbonyl (C=O) groups excluding carboxylic acids is 1. The van der Waals surface area contributed by atoms with Crippen LogP contribution in [0.5, 0.6) is 0 Å². The average Bonchev–Trinajstić information content (AvgIpc) is 2.62. The molecule has 3 rings (SSSR count). The van der Waals surface area contributed by atoms with Gasteiger partial charge in [0.25, 0.3) is 0 Å². The standard InChI is InChI=1S/C15H21N3O/c16-12-7-13-4-5-14(8-12)18(13)9-10-2-1-3-11(6-10)15(17)19/h1-3,6,12-14H,4-5,7-9,16H2,(H2,17,19). The summed E-state index contributed by atoms with van der Waals surface area (Å²) >= 11 is 0. The van der Waals surface area contributed by atoms with E-state index in [0.29, 0.717) is 23.7 Å². The summed E-state index contributed by atoms with van der Waals surface area (Å²) in [6.07, 6.45) is 4.72. The van der Waals surface area contributed by atoms with Crippen molar-refractivity contribution in [3.8, 4) is 0 Å². The van der Waals surface area contributed by atoms with Crippen LogP contribution in [0, 0.1) is 0 Å². The van der Waals surface area contributed by atoms with Crippen LogP contribution in [0.1, 0.15) is 41.6 Å².